The Morgan fingerprint density at radius 1 is 0.750 bits per heavy atom. The molecular formula is C34H23N3OS2. The third-order valence-electron chi connectivity index (χ3n) is 7.05. The van der Waals surface area contributed by atoms with E-state index in [1.165, 1.54) is 11.3 Å². The van der Waals surface area contributed by atoms with E-state index in [-0.39, 0.29) is 5.56 Å². The van der Waals surface area contributed by atoms with Gasteiger partial charge in [0.25, 0.3) is 5.56 Å². The summed E-state index contributed by atoms with van der Waals surface area (Å²) < 4.78 is 4.95. The van der Waals surface area contributed by atoms with Crippen LogP contribution in [0.4, 0.5) is 0 Å². The van der Waals surface area contributed by atoms with Crippen molar-refractivity contribution in [3.8, 4) is 22.4 Å². The lowest BCUT2D eigenvalue weighted by atomic mass is 9.99. The van der Waals surface area contributed by atoms with Gasteiger partial charge >= 0.3 is 0 Å². The minimum Gasteiger partial charge on any atom is -0.320 e. The van der Waals surface area contributed by atoms with Gasteiger partial charge in [-0.05, 0) is 28.3 Å². The van der Waals surface area contributed by atoms with Gasteiger partial charge in [0, 0.05) is 12.1 Å². The van der Waals surface area contributed by atoms with Crippen LogP contribution in [0.5, 0.6) is 0 Å². The quantitative estimate of drug-likeness (QED) is 0.209. The van der Waals surface area contributed by atoms with E-state index in [4.69, 9.17) is 17.2 Å². The van der Waals surface area contributed by atoms with Crippen molar-refractivity contribution in [2.45, 2.75) is 6.54 Å². The summed E-state index contributed by atoms with van der Waals surface area (Å²) in [6, 6.07) is 40.9. The molecule has 7 rings (SSSR count). The van der Waals surface area contributed by atoms with E-state index < -0.39 is 0 Å². The summed E-state index contributed by atoms with van der Waals surface area (Å²) in [6.45, 7) is 0.616. The van der Waals surface area contributed by atoms with Gasteiger partial charge in [-0.15, -0.1) is 0 Å². The van der Waals surface area contributed by atoms with Crippen LogP contribution in [-0.4, -0.2) is 14.0 Å². The molecule has 3 heterocycles. The van der Waals surface area contributed by atoms with Crippen LogP contribution >= 0.6 is 23.6 Å². The topological polar surface area (TPSA) is 39.3 Å². The summed E-state index contributed by atoms with van der Waals surface area (Å²) in [7, 11) is 0. The van der Waals surface area contributed by atoms with Crippen LogP contribution in [0.25, 0.3) is 44.5 Å². The monoisotopic (exact) mass is 553 g/mol. The van der Waals surface area contributed by atoms with Gasteiger partial charge in [-0.3, -0.25) is 4.79 Å². The van der Waals surface area contributed by atoms with Gasteiger partial charge in [0.05, 0.1) is 15.6 Å². The van der Waals surface area contributed by atoms with Crippen LogP contribution in [0.1, 0.15) is 11.1 Å². The highest BCUT2D eigenvalue weighted by atomic mass is 32.1. The molecule has 0 aliphatic rings. The largest absolute Gasteiger partial charge is 0.320 e. The van der Waals surface area contributed by atoms with Crippen LogP contribution in [-0.2, 0) is 6.54 Å². The van der Waals surface area contributed by atoms with Crippen LogP contribution < -0.4 is 10.1 Å². The zero-order valence-electron chi connectivity index (χ0n) is 21.4. The van der Waals surface area contributed by atoms with Gasteiger partial charge in [-0.2, -0.15) is 0 Å². The second kappa shape index (κ2) is 10.2. The molecule has 0 saturated carbocycles. The van der Waals surface area contributed by atoms with Gasteiger partial charge < -0.3 is 4.57 Å². The molecule has 4 aromatic carbocycles. The lowest BCUT2D eigenvalue weighted by Gasteiger charge is -2.13. The normalized spacial score (nSPS) is 11.9. The van der Waals surface area contributed by atoms with Crippen LogP contribution in [0.3, 0.4) is 0 Å². The molecule has 0 amide bonds. The zero-order valence-corrected chi connectivity index (χ0v) is 23.0. The maximum absolute atomic E-state index is 13.7. The third-order valence-corrected chi connectivity index (χ3v) is 8.41. The number of rotatable bonds is 5. The van der Waals surface area contributed by atoms with E-state index in [2.05, 4.69) is 53.1 Å². The van der Waals surface area contributed by atoms with Crippen molar-refractivity contribution in [2.75, 3.05) is 0 Å². The second-order valence-electron chi connectivity index (χ2n) is 9.59. The number of aromatic nitrogens is 3. The molecule has 0 aliphatic heterocycles. The molecule has 0 fully saturated rings. The molecule has 0 N–H and O–H groups in total. The first-order valence-corrected chi connectivity index (χ1v) is 14.2. The molecule has 0 spiro atoms. The second-order valence-corrected chi connectivity index (χ2v) is 11.0. The summed E-state index contributed by atoms with van der Waals surface area (Å²) >= 11 is 7.51. The fourth-order valence-corrected chi connectivity index (χ4v) is 6.65. The number of thiazole rings is 1. The number of fused-ring (bicyclic) bond motifs is 2. The van der Waals surface area contributed by atoms with Crippen molar-refractivity contribution < 1.29 is 0 Å². The molecule has 0 bridgehead atoms. The molecule has 0 atom stereocenters. The summed E-state index contributed by atoms with van der Waals surface area (Å²) in [4.78, 5) is 19.5. The molecule has 0 saturated heterocycles. The Hall–Kier alpha value is -4.65. The highest BCUT2D eigenvalue weighted by Crippen LogP contribution is 2.41. The summed E-state index contributed by atoms with van der Waals surface area (Å²) in [5, 5.41) is 0.814. The summed E-state index contributed by atoms with van der Waals surface area (Å²) in [5.41, 5.74) is 6.88. The molecule has 0 aliphatic carbocycles. The van der Waals surface area contributed by atoms with E-state index in [0.717, 1.165) is 44.5 Å². The van der Waals surface area contributed by atoms with Crippen LogP contribution in [0.15, 0.2) is 126 Å². The molecule has 192 valence electrons. The molecule has 0 radical (unpaired) electrons. The first-order chi connectivity index (χ1) is 19.7. The van der Waals surface area contributed by atoms with Crippen molar-refractivity contribution in [1.82, 2.24) is 14.0 Å². The summed E-state index contributed by atoms with van der Waals surface area (Å²) in [6.07, 6.45) is 1.91. The third kappa shape index (κ3) is 4.18. The Morgan fingerprint density at radius 2 is 1.32 bits per heavy atom. The fraction of sp³-hybridized carbons (Fsp3) is 0.0294. The number of nitrogens with zero attached hydrogens (tertiary/aromatic N) is 3. The van der Waals surface area contributed by atoms with Gasteiger partial charge in [-0.1, -0.05) is 145 Å². The Bertz CT molecular complexity index is 2150. The molecule has 6 heteroatoms. The predicted molar refractivity (Wildman–Crippen MR) is 167 cm³/mol. The molecular weight excluding hydrogens is 531 g/mol. The van der Waals surface area contributed by atoms with Crippen molar-refractivity contribution in [2.24, 2.45) is 0 Å². The minimum absolute atomic E-state index is 0.140. The SMILES string of the molecule is O=c1/c(=C/c2ccccc2)sc2nc3c(c(-c4ccccc4)c(-c4ccccc4)n3Cc3ccccc3)c(=S)n12. The zero-order chi connectivity index (χ0) is 27.1. The maximum Gasteiger partial charge on any atom is 0.275 e. The van der Waals surface area contributed by atoms with E-state index in [1.807, 2.05) is 78.9 Å². The number of hydrogen-bond acceptors (Lipinski definition) is 4. The first kappa shape index (κ1) is 24.4. The van der Waals surface area contributed by atoms with Crippen LogP contribution in [0.2, 0.25) is 0 Å². The average Bonchev–Trinajstić information content (AvgIpc) is 3.49. The lowest BCUT2D eigenvalue weighted by molar-refractivity contribution is 0.833. The van der Waals surface area contributed by atoms with Crippen LogP contribution in [0, 0.1) is 4.64 Å². The Kier molecular flexibility index (Phi) is 6.19. The Labute approximate surface area is 239 Å². The van der Waals surface area contributed by atoms with E-state index in [9.17, 15) is 4.79 Å². The molecule has 0 unspecified atom stereocenters. The molecule has 4 nitrogen and oxygen atoms in total. The van der Waals surface area contributed by atoms with E-state index in [1.54, 1.807) is 4.40 Å². The maximum atomic E-state index is 13.7. The van der Waals surface area contributed by atoms with E-state index in [0.29, 0.717) is 20.7 Å². The van der Waals surface area contributed by atoms with Crippen molar-refractivity contribution in [3.63, 3.8) is 0 Å². The number of hydrogen-bond donors (Lipinski definition) is 0. The van der Waals surface area contributed by atoms with Gasteiger partial charge in [0.2, 0.25) is 0 Å². The predicted octanol–water partition coefficient (Wildman–Crippen LogP) is 7.37. The molecule has 7 aromatic rings. The minimum atomic E-state index is -0.140. The first-order valence-electron chi connectivity index (χ1n) is 13.0. The molecule has 3 aromatic heterocycles. The fourth-order valence-electron chi connectivity index (χ4n) is 5.26. The van der Waals surface area contributed by atoms with Crippen molar-refractivity contribution >= 4 is 45.6 Å². The lowest BCUT2D eigenvalue weighted by Crippen LogP contribution is -2.23. The van der Waals surface area contributed by atoms with Gasteiger partial charge in [0.1, 0.15) is 10.3 Å². The van der Waals surface area contributed by atoms with E-state index >= 15 is 0 Å². The highest BCUT2D eigenvalue weighted by molar-refractivity contribution is 7.71. The van der Waals surface area contributed by atoms with Crippen molar-refractivity contribution in [1.29, 1.82) is 0 Å². The van der Waals surface area contributed by atoms with Gasteiger partial charge in [-0.25, -0.2) is 9.38 Å². The Morgan fingerprint density at radius 3 is 1.98 bits per heavy atom. The van der Waals surface area contributed by atoms with Crippen molar-refractivity contribution in [3.05, 3.63) is 152 Å². The van der Waals surface area contributed by atoms with Gasteiger partial charge in [0.15, 0.2) is 4.96 Å². The smallest absolute Gasteiger partial charge is 0.275 e. The summed E-state index contributed by atoms with van der Waals surface area (Å²) in [5.74, 6) is 0. The molecule has 40 heavy (non-hydrogen) atoms. The number of benzene rings is 4. The Balaban J connectivity index is 1.63. The highest BCUT2D eigenvalue weighted by Gasteiger charge is 2.24. The standard InChI is InChI=1S/C34H23N3OS2/c38-32-27(21-23-13-5-1-6-14-23)40-34-35-31-29(33(39)37(32)34)28(25-17-9-3-10-18-25)30(26-19-11-4-12-20-26)36(31)22-24-15-7-2-8-16-24/h1-21H,22H2/b27-21-. The average molecular weight is 554 g/mol.